The molecule has 1 saturated heterocycles. The Hall–Kier alpha value is -5.82. The first kappa shape index (κ1) is 32.4. The monoisotopic (exact) mass is 695 g/mol. The molecule has 0 bridgehead atoms. The van der Waals surface area contributed by atoms with Crippen molar-refractivity contribution in [2.75, 3.05) is 0 Å². The van der Waals surface area contributed by atoms with Crippen LogP contribution in [0.1, 0.15) is 85.9 Å². The molecular formula is C39H33N7O4S. The summed E-state index contributed by atoms with van der Waals surface area (Å²) in [6.45, 7) is 3.86. The van der Waals surface area contributed by atoms with Crippen molar-refractivity contribution < 1.29 is 19.1 Å². The van der Waals surface area contributed by atoms with E-state index >= 15 is 0 Å². The molecule has 51 heavy (non-hydrogen) atoms. The van der Waals surface area contributed by atoms with Crippen LogP contribution < -0.4 is 5.32 Å². The SMILES string of the molecule is Cc1nnc2n1-c1sc(C#Cc3cnn(CCCC#Cc4cccc5c4CN(C4CCC(=O)NC4=O)C5=O)c3)c(Cc3ccccc3)c1COC2. The maximum atomic E-state index is 13.1. The molecule has 3 amide bonds. The van der Waals surface area contributed by atoms with Crippen LogP contribution in [0.5, 0.6) is 0 Å². The van der Waals surface area contributed by atoms with Crippen molar-refractivity contribution in [1.29, 1.82) is 0 Å². The summed E-state index contributed by atoms with van der Waals surface area (Å²) in [5.74, 6) is 14.0. The number of unbranched alkanes of at least 4 members (excludes halogenated alkanes) is 1. The van der Waals surface area contributed by atoms with Crippen molar-refractivity contribution in [3.63, 3.8) is 0 Å². The van der Waals surface area contributed by atoms with E-state index < -0.39 is 11.9 Å². The Labute approximate surface area is 298 Å². The Bertz CT molecular complexity index is 2310. The number of aryl methyl sites for hydroxylation is 2. The fourth-order valence-electron chi connectivity index (χ4n) is 6.78. The van der Waals surface area contributed by atoms with Crippen LogP contribution in [0.4, 0.5) is 0 Å². The lowest BCUT2D eigenvalue weighted by atomic mass is 10.0. The molecule has 1 unspecified atom stereocenters. The molecule has 1 atom stereocenters. The summed E-state index contributed by atoms with van der Waals surface area (Å²) < 4.78 is 10.0. The highest BCUT2D eigenvalue weighted by atomic mass is 32.1. The second-order valence-corrected chi connectivity index (χ2v) is 13.7. The number of rotatable bonds is 6. The van der Waals surface area contributed by atoms with E-state index in [4.69, 9.17) is 4.74 Å². The Morgan fingerprint density at radius 1 is 1.00 bits per heavy atom. The van der Waals surface area contributed by atoms with Gasteiger partial charge in [0.15, 0.2) is 5.82 Å². The number of hydrogen-bond donors (Lipinski definition) is 1. The van der Waals surface area contributed by atoms with E-state index in [0.29, 0.717) is 44.7 Å². The van der Waals surface area contributed by atoms with Gasteiger partial charge in [-0.3, -0.25) is 28.9 Å². The van der Waals surface area contributed by atoms with E-state index in [-0.39, 0.29) is 18.2 Å². The number of nitrogens with one attached hydrogen (secondary N) is 1. The molecule has 3 aromatic heterocycles. The average molecular weight is 696 g/mol. The summed E-state index contributed by atoms with van der Waals surface area (Å²) in [4.78, 5) is 39.7. The van der Waals surface area contributed by atoms with Gasteiger partial charge < -0.3 is 9.64 Å². The van der Waals surface area contributed by atoms with E-state index in [9.17, 15) is 14.4 Å². The van der Waals surface area contributed by atoms with Crippen LogP contribution in [0.3, 0.4) is 0 Å². The van der Waals surface area contributed by atoms with Gasteiger partial charge in [-0.1, -0.05) is 60.1 Å². The number of benzene rings is 2. The number of aromatic nitrogens is 5. The molecule has 5 aromatic rings. The van der Waals surface area contributed by atoms with Crippen LogP contribution in [0.15, 0.2) is 60.9 Å². The van der Waals surface area contributed by atoms with Crippen LogP contribution in [0, 0.1) is 30.6 Å². The molecule has 12 heteroatoms. The number of thiophene rings is 1. The third-order valence-electron chi connectivity index (χ3n) is 9.34. The zero-order valence-electron chi connectivity index (χ0n) is 27.9. The van der Waals surface area contributed by atoms with Crippen molar-refractivity contribution in [3.05, 3.63) is 116 Å². The van der Waals surface area contributed by atoms with Crippen molar-refractivity contribution in [1.82, 2.24) is 34.8 Å². The first-order chi connectivity index (χ1) is 24.9. The Morgan fingerprint density at radius 2 is 1.88 bits per heavy atom. The molecular weight excluding hydrogens is 663 g/mol. The van der Waals surface area contributed by atoms with Crippen molar-refractivity contribution in [3.8, 4) is 28.7 Å². The molecule has 2 aromatic carbocycles. The normalized spacial score (nSPS) is 16.3. The van der Waals surface area contributed by atoms with E-state index in [2.05, 4.69) is 73.1 Å². The van der Waals surface area contributed by atoms with Crippen LogP contribution in [0.25, 0.3) is 5.00 Å². The number of carbonyl (C=O) groups is 3. The molecule has 1 N–H and O–H groups in total. The molecule has 6 heterocycles. The first-order valence-electron chi connectivity index (χ1n) is 16.9. The van der Waals surface area contributed by atoms with E-state index in [1.165, 1.54) is 5.56 Å². The molecule has 0 aliphatic carbocycles. The van der Waals surface area contributed by atoms with Gasteiger partial charge >= 0.3 is 0 Å². The number of imide groups is 1. The van der Waals surface area contributed by atoms with E-state index in [0.717, 1.165) is 62.2 Å². The van der Waals surface area contributed by atoms with Gasteiger partial charge in [0.1, 0.15) is 23.5 Å². The number of fused-ring (bicyclic) bond motifs is 4. The number of piperidine rings is 1. The third kappa shape index (κ3) is 6.47. The number of hydrogen-bond acceptors (Lipinski definition) is 8. The molecule has 0 saturated carbocycles. The minimum Gasteiger partial charge on any atom is -0.369 e. The Balaban J connectivity index is 0.940. The lowest BCUT2D eigenvalue weighted by Gasteiger charge is -2.29. The largest absolute Gasteiger partial charge is 0.369 e. The summed E-state index contributed by atoms with van der Waals surface area (Å²) >= 11 is 1.65. The molecule has 3 aliphatic rings. The van der Waals surface area contributed by atoms with Gasteiger partial charge in [0.25, 0.3) is 5.91 Å². The van der Waals surface area contributed by atoms with Gasteiger partial charge in [-0.2, -0.15) is 5.10 Å². The second-order valence-electron chi connectivity index (χ2n) is 12.7. The van der Waals surface area contributed by atoms with Crippen LogP contribution >= 0.6 is 11.3 Å². The van der Waals surface area contributed by atoms with E-state index in [1.807, 2.05) is 36.0 Å². The highest BCUT2D eigenvalue weighted by Crippen LogP contribution is 2.37. The molecule has 8 rings (SSSR count). The molecule has 3 aliphatic heterocycles. The molecule has 0 radical (unpaired) electrons. The third-order valence-corrected chi connectivity index (χ3v) is 10.5. The molecule has 254 valence electrons. The quantitative estimate of drug-likeness (QED) is 0.158. The van der Waals surface area contributed by atoms with Crippen LogP contribution in [-0.2, 0) is 47.1 Å². The summed E-state index contributed by atoms with van der Waals surface area (Å²) in [5, 5.41) is 16.6. The fraction of sp³-hybridized carbons (Fsp3) is 0.282. The maximum Gasteiger partial charge on any atom is 0.255 e. The van der Waals surface area contributed by atoms with Crippen molar-refractivity contribution in [2.45, 2.75) is 71.4 Å². The van der Waals surface area contributed by atoms with Gasteiger partial charge in [0.05, 0.1) is 23.2 Å². The Morgan fingerprint density at radius 3 is 2.75 bits per heavy atom. The Kier molecular flexibility index (Phi) is 8.78. The average Bonchev–Trinajstić information content (AvgIpc) is 3.88. The lowest BCUT2D eigenvalue weighted by molar-refractivity contribution is -0.136. The van der Waals surface area contributed by atoms with Crippen molar-refractivity contribution in [2.24, 2.45) is 0 Å². The highest BCUT2D eigenvalue weighted by Gasteiger charge is 2.39. The van der Waals surface area contributed by atoms with Gasteiger partial charge in [0.2, 0.25) is 11.8 Å². The van der Waals surface area contributed by atoms with E-state index in [1.54, 1.807) is 28.5 Å². The standard InChI is InChI=1S/C39H33N7O4S/c1-25-42-43-35-24-50-23-32-30(19-26-9-4-2-5-10-26)34(51-39(32)46(25)35)16-14-27-20-40-44(21-27)18-7-3-6-11-28-12-8-13-29-31(28)22-45(38(29)49)33-15-17-36(47)41-37(33)48/h2,4-5,8-10,12-13,20-21,33H,3,7,15,17-19,22-24H2,1H3,(H,41,47,48). The van der Waals surface area contributed by atoms with Gasteiger partial charge in [-0.25, -0.2) is 0 Å². The highest BCUT2D eigenvalue weighted by molar-refractivity contribution is 7.15. The molecule has 11 nitrogen and oxygen atoms in total. The van der Waals surface area contributed by atoms with Gasteiger partial charge in [0, 0.05) is 48.8 Å². The molecule has 1 fully saturated rings. The predicted octanol–water partition coefficient (Wildman–Crippen LogP) is 4.45. The predicted molar refractivity (Wildman–Crippen MR) is 189 cm³/mol. The van der Waals surface area contributed by atoms with Crippen LogP contribution in [-0.4, -0.2) is 53.2 Å². The molecule has 0 spiro atoms. The second kappa shape index (κ2) is 13.8. The maximum absolute atomic E-state index is 13.1. The van der Waals surface area contributed by atoms with Gasteiger partial charge in [-0.05, 0) is 55.0 Å². The van der Waals surface area contributed by atoms with Gasteiger partial charge in [-0.15, -0.1) is 21.5 Å². The summed E-state index contributed by atoms with van der Waals surface area (Å²) in [6, 6.07) is 15.2. The number of amides is 3. The smallest absolute Gasteiger partial charge is 0.255 e. The number of nitrogens with zero attached hydrogens (tertiary/aromatic N) is 6. The summed E-state index contributed by atoms with van der Waals surface area (Å²) in [6.07, 6.45) is 6.48. The topological polar surface area (TPSA) is 124 Å². The van der Waals surface area contributed by atoms with Crippen molar-refractivity contribution >= 4 is 29.1 Å². The number of ether oxygens (including phenoxy) is 1. The summed E-state index contributed by atoms with van der Waals surface area (Å²) in [5.41, 5.74) is 6.51. The summed E-state index contributed by atoms with van der Waals surface area (Å²) in [7, 11) is 0. The zero-order chi connectivity index (χ0) is 34.9. The van der Waals surface area contributed by atoms with Crippen LogP contribution in [0.2, 0.25) is 0 Å². The fourth-order valence-corrected chi connectivity index (χ4v) is 8.03. The number of carbonyl (C=O) groups excluding carboxylic acids is 3. The lowest BCUT2D eigenvalue weighted by Crippen LogP contribution is -2.52. The zero-order valence-corrected chi connectivity index (χ0v) is 28.8. The minimum absolute atomic E-state index is 0.198. The minimum atomic E-state index is -0.648. The first-order valence-corrected chi connectivity index (χ1v) is 17.7.